The van der Waals surface area contributed by atoms with Gasteiger partial charge in [0.25, 0.3) is 0 Å². The van der Waals surface area contributed by atoms with Crippen LogP contribution in [0.4, 0.5) is 4.39 Å². The molecule has 0 amide bonds. The van der Waals surface area contributed by atoms with Crippen molar-refractivity contribution in [2.75, 3.05) is 0 Å². The Labute approximate surface area is 98.8 Å². The van der Waals surface area contributed by atoms with Gasteiger partial charge in [0.2, 0.25) is 0 Å². The van der Waals surface area contributed by atoms with Crippen LogP contribution >= 0.6 is 15.9 Å². The van der Waals surface area contributed by atoms with Gasteiger partial charge in [0.1, 0.15) is 23.5 Å². The molecular weight excluding hydrogens is 281 g/mol. The smallest absolute Gasteiger partial charge is 0.399 e. The summed E-state index contributed by atoms with van der Waals surface area (Å²) >= 11 is 3.14. The largest absolute Gasteiger partial charge is 0.417 e. The second-order valence-electron chi connectivity index (χ2n) is 2.94. The molecule has 2 aromatic rings. The van der Waals surface area contributed by atoms with Crippen molar-refractivity contribution in [1.29, 1.82) is 0 Å². The normalized spacial score (nSPS) is 10.4. The van der Waals surface area contributed by atoms with Gasteiger partial charge in [0.15, 0.2) is 0 Å². The summed E-state index contributed by atoms with van der Waals surface area (Å²) in [5.41, 5.74) is 0.369. The van der Waals surface area contributed by atoms with Crippen molar-refractivity contribution in [3.05, 3.63) is 40.4 Å². The number of nitrogens with zero attached hydrogens (tertiary/aromatic N) is 1. The van der Waals surface area contributed by atoms with Crippen LogP contribution in [-0.4, -0.2) is 10.1 Å². The van der Waals surface area contributed by atoms with Crippen LogP contribution in [-0.2, 0) is 6.61 Å². The average molecular weight is 288 g/mol. The molecule has 0 aliphatic carbocycles. The zero-order chi connectivity index (χ0) is 11.5. The zero-order valence-corrected chi connectivity index (χ0v) is 9.57. The molecule has 2 rings (SSSR count). The minimum Gasteiger partial charge on any atom is -0.417 e. The molecule has 0 saturated carbocycles. The fraction of sp³-hybridized carbons (Fsp3) is 0.100. The summed E-state index contributed by atoms with van der Waals surface area (Å²) in [4.78, 5) is 3.83. The average Bonchev–Trinajstić information content (AvgIpc) is 2.70. The molecule has 0 saturated heterocycles. The molecule has 1 aromatic carbocycles. The van der Waals surface area contributed by atoms with E-state index in [9.17, 15) is 4.39 Å². The second kappa shape index (κ2) is 4.63. The minimum atomic E-state index is -0.373. The van der Waals surface area contributed by atoms with Gasteiger partial charge in [-0.2, -0.15) is 4.98 Å². The van der Waals surface area contributed by atoms with Crippen molar-refractivity contribution in [3.8, 4) is 11.8 Å². The molecule has 0 aliphatic rings. The van der Waals surface area contributed by atoms with Gasteiger partial charge in [-0.15, -0.1) is 0 Å². The number of halogens is 2. The lowest BCUT2D eigenvalue weighted by atomic mass is 10.3. The predicted octanol–water partition coefficient (Wildman–Crippen LogP) is 2.86. The monoisotopic (exact) mass is 287 g/mol. The van der Waals surface area contributed by atoms with Crippen LogP contribution in [0.3, 0.4) is 0 Å². The van der Waals surface area contributed by atoms with Crippen LogP contribution in [0.5, 0.6) is 11.8 Å². The maximum Gasteiger partial charge on any atom is 0.399 e. The first kappa shape index (κ1) is 11.1. The summed E-state index contributed by atoms with van der Waals surface area (Å²) < 4.78 is 23.4. The molecule has 0 fully saturated rings. The molecule has 1 N–H and O–H groups in total. The molecular formula is C10H7BrFNO3. The van der Waals surface area contributed by atoms with Gasteiger partial charge in [-0.3, -0.25) is 0 Å². The highest BCUT2D eigenvalue weighted by Gasteiger charge is 2.08. The van der Waals surface area contributed by atoms with Gasteiger partial charge in [0, 0.05) is 0 Å². The first-order chi connectivity index (χ1) is 7.69. The molecule has 16 heavy (non-hydrogen) atoms. The van der Waals surface area contributed by atoms with Crippen LogP contribution in [0.15, 0.2) is 33.4 Å². The molecule has 0 radical (unpaired) electrons. The summed E-state index contributed by atoms with van der Waals surface area (Å²) in [5, 5.41) is 8.77. The fourth-order valence-electron chi connectivity index (χ4n) is 1.06. The molecule has 0 bridgehead atoms. The highest BCUT2D eigenvalue weighted by molar-refractivity contribution is 9.10. The number of oxazole rings is 1. The van der Waals surface area contributed by atoms with E-state index in [1.807, 2.05) is 0 Å². The lowest BCUT2D eigenvalue weighted by Crippen LogP contribution is -1.88. The Kier molecular flexibility index (Phi) is 3.21. The van der Waals surface area contributed by atoms with Gasteiger partial charge in [0.05, 0.1) is 11.1 Å². The number of aliphatic hydroxyl groups excluding tert-OH is 1. The molecule has 0 spiro atoms. The Morgan fingerprint density at radius 2 is 2.31 bits per heavy atom. The molecule has 6 heteroatoms. The first-order valence-corrected chi connectivity index (χ1v) is 5.16. The Morgan fingerprint density at radius 1 is 1.50 bits per heavy atom. The fourth-order valence-corrected chi connectivity index (χ4v) is 1.49. The van der Waals surface area contributed by atoms with E-state index in [0.717, 1.165) is 0 Å². The number of benzene rings is 1. The summed E-state index contributed by atoms with van der Waals surface area (Å²) in [7, 11) is 0. The lowest BCUT2D eigenvalue weighted by molar-refractivity contribution is 0.276. The SMILES string of the molecule is OCc1coc(Oc2ccc(F)cc2Br)n1. The van der Waals surface area contributed by atoms with Gasteiger partial charge in [-0.05, 0) is 34.1 Å². The molecule has 0 atom stereocenters. The zero-order valence-electron chi connectivity index (χ0n) is 7.98. The van der Waals surface area contributed by atoms with Gasteiger partial charge >= 0.3 is 6.08 Å². The highest BCUT2D eigenvalue weighted by Crippen LogP contribution is 2.29. The van der Waals surface area contributed by atoms with E-state index in [1.54, 1.807) is 0 Å². The van der Waals surface area contributed by atoms with Crippen molar-refractivity contribution >= 4 is 15.9 Å². The molecule has 84 valence electrons. The number of hydrogen-bond donors (Lipinski definition) is 1. The van der Waals surface area contributed by atoms with Crippen LogP contribution in [0.2, 0.25) is 0 Å². The topological polar surface area (TPSA) is 55.5 Å². The number of ether oxygens (including phenoxy) is 1. The number of aliphatic hydroxyl groups is 1. The van der Waals surface area contributed by atoms with Crippen LogP contribution < -0.4 is 4.74 Å². The standard InChI is InChI=1S/C10H7BrFNO3/c11-8-3-6(12)1-2-9(8)16-10-13-7(4-14)5-15-10/h1-3,5,14H,4H2. The molecule has 1 aromatic heterocycles. The third kappa shape index (κ3) is 2.40. The Hall–Kier alpha value is -1.40. The lowest BCUT2D eigenvalue weighted by Gasteiger charge is -2.02. The van der Waals surface area contributed by atoms with Crippen molar-refractivity contribution in [2.45, 2.75) is 6.61 Å². The number of rotatable bonds is 3. The highest BCUT2D eigenvalue weighted by atomic mass is 79.9. The van der Waals surface area contributed by atoms with Crippen molar-refractivity contribution in [1.82, 2.24) is 4.98 Å². The summed E-state index contributed by atoms with van der Waals surface area (Å²) in [6.07, 6.45) is 1.28. The van der Waals surface area contributed by atoms with Crippen LogP contribution in [0.1, 0.15) is 5.69 Å². The molecule has 4 nitrogen and oxygen atoms in total. The molecule has 0 unspecified atom stereocenters. The van der Waals surface area contributed by atoms with Gasteiger partial charge < -0.3 is 14.3 Å². The maximum atomic E-state index is 12.8. The summed E-state index contributed by atoms with van der Waals surface area (Å²) in [5.74, 6) is 0.00964. The summed E-state index contributed by atoms with van der Waals surface area (Å²) in [6.45, 7) is -0.225. The number of aromatic nitrogens is 1. The predicted molar refractivity (Wildman–Crippen MR) is 56.6 cm³/mol. The van der Waals surface area contributed by atoms with Gasteiger partial charge in [-0.25, -0.2) is 4.39 Å². The summed E-state index contributed by atoms with van der Waals surface area (Å²) in [6, 6.07) is 3.98. The van der Waals surface area contributed by atoms with E-state index in [0.29, 0.717) is 15.9 Å². The van der Waals surface area contributed by atoms with Crippen molar-refractivity contribution in [2.24, 2.45) is 0 Å². The van der Waals surface area contributed by atoms with Crippen molar-refractivity contribution in [3.63, 3.8) is 0 Å². The van der Waals surface area contributed by atoms with Crippen LogP contribution in [0.25, 0.3) is 0 Å². The minimum absolute atomic E-state index is 0.00337. The third-order valence-electron chi connectivity index (χ3n) is 1.78. The molecule has 0 aliphatic heterocycles. The van der Waals surface area contributed by atoms with E-state index in [1.165, 1.54) is 24.5 Å². The maximum absolute atomic E-state index is 12.8. The third-order valence-corrected chi connectivity index (χ3v) is 2.40. The van der Waals surface area contributed by atoms with E-state index >= 15 is 0 Å². The first-order valence-electron chi connectivity index (χ1n) is 4.37. The number of hydrogen-bond acceptors (Lipinski definition) is 4. The van der Waals surface area contributed by atoms with Crippen molar-refractivity contribution < 1.29 is 18.7 Å². The Bertz CT molecular complexity index is 501. The van der Waals surface area contributed by atoms with E-state index < -0.39 is 0 Å². The van der Waals surface area contributed by atoms with Gasteiger partial charge in [-0.1, -0.05) is 0 Å². The van der Waals surface area contributed by atoms with E-state index in [4.69, 9.17) is 14.3 Å². The Morgan fingerprint density at radius 3 is 2.94 bits per heavy atom. The second-order valence-corrected chi connectivity index (χ2v) is 3.79. The van der Waals surface area contributed by atoms with E-state index in [-0.39, 0.29) is 18.5 Å². The Balaban J connectivity index is 2.20. The quantitative estimate of drug-likeness (QED) is 0.943. The van der Waals surface area contributed by atoms with E-state index in [2.05, 4.69) is 20.9 Å². The van der Waals surface area contributed by atoms with Crippen LogP contribution in [0, 0.1) is 5.82 Å². The molecule has 1 heterocycles.